The molecule has 0 unspecified atom stereocenters. The van der Waals surface area contributed by atoms with Crippen LogP contribution in [-0.4, -0.2) is 15.9 Å². The summed E-state index contributed by atoms with van der Waals surface area (Å²) in [6.07, 6.45) is 0. The monoisotopic (exact) mass is 364 g/mol. The van der Waals surface area contributed by atoms with Gasteiger partial charge in [0.15, 0.2) is 0 Å². The van der Waals surface area contributed by atoms with E-state index in [1.165, 1.54) is 24.3 Å². The molecule has 10 heteroatoms. The molecule has 0 bridgehead atoms. The predicted octanol–water partition coefficient (Wildman–Crippen LogP) is 4.42. The third-order valence-electron chi connectivity index (χ3n) is 3.40. The highest BCUT2D eigenvalue weighted by Gasteiger charge is 2.16. The number of hydrogen-bond acceptors (Lipinski definition) is 5. The Balaban J connectivity index is 2.17. The first kappa shape index (κ1) is 18.1. The second-order valence-electron chi connectivity index (χ2n) is 5.21. The molecule has 2 aromatic rings. The molecule has 0 heterocycles. The second kappa shape index (κ2) is 7.14. The second-order valence-corrected chi connectivity index (χ2v) is 5.62. The third kappa shape index (κ3) is 4.21. The molecular formula is C15H13ClN4O5. The van der Waals surface area contributed by atoms with Crippen molar-refractivity contribution in [3.05, 3.63) is 66.7 Å². The lowest BCUT2D eigenvalue weighted by Crippen LogP contribution is -2.20. The van der Waals surface area contributed by atoms with Crippen molar-refractivity contribution in [1.29, 1.82) is 0 Å². The predicted molar refractivity (Wildman–Crippen MR) is 93.3 cm³/mol. The van der Waals surface area contributed by atoms with Gasteiger partial charge in [0.05, 0.1) is 20.6 Å². The number of hydrogen-bond donors (Lipinski definition) is 2. The topological polar surface area (TPSA) is 127 Å². The quantitative estimate of drug-likeness (QED) is 0.613. The van der Waals surface area contributed by atoms with Crippen molar-refractivity contribution in [3.63, 3.8) is 0 Å². The van der Waals surface area contributed by atoms with Crippen LogP contribution in [0, 0.1) is 34.1 Å². The molecule has 0 aliphatic carbocycles. The minimum atomic E-state index is -0.632. The van der Waals surface area contributed by atoms with Crippen molar-refractivity contribution in [2.45, 2.75) is 13.8 Å². The van der Waals surface area contributed by atoms with Gasteiger partial charge in [0, 0.05) is 29.4 Å². The van der Waals surface area contributed by atoms with E-state index in [2.05, 4.69) is 10.6 Å². The third-order valence-corrected chi connectivity index (χ3v) is 3.71. The first-order valence-corrected chi connectivity index (χ1v) is 7.34. The summed E-state index contributed by atoms with van der Waals surface area (Å²) in [5.74, 6) is 0. The van der Waals surface area contributed by atoms with Crippen molar-refractivity contribution < 1.29 is 14.6 Å². The Hall–Kier alpha value is -3.20. The number of nitrogens with one attached hydrogen (secondary N) is 2. The number of non-ortho nitro benzene ring substituents is 1. The van der Waals surface area contributed by atoms with Crippen LogP contribution in [-0.2, 0) is 0 Å². The summed E-state index contributed by atoms with van der Waals surface area (Å²) in [6.45, 7) is 3.19. The first-order valence-electron chi connectivity index (χ1n) is 6.96. The lowest BCUT2D eigenvalue weighted by molar-refractivity contribution is -0.385. The molecule has 2 amide bonds. The van der Waals surface area contributed by atoms with Crippen LogP contribution >= 0.6 is 11.6 Å². The fourth-order valence-corrected chi connectivity index (χ4v) is 2.35. The molecule has 25 heavy (non-hydrogen) atoms. The lowest BCUT2D eigenvalue weighted by Gasteiger charge is -2.12. The molecule has 130 valence electrons. The van der Waals surface area contributed by atoms with Crippen LogP contribution in [0.5, 0.6) is 0 Å². The van der Waals surface area contributed by atoms with Crippen LogP contribution in [0.3, 0.4) is 0 Å². The van der Waals surface area contributed by atoms with E-state index >= 15 is 0 Å². The largest absolute Gasteiger partial charge is 0.323 e. The highest BCUT2D eigenvalue weighted by Crippen LogP contribution is 2.28. The number of carbonyl (C=O) groups excluding carboxylic acids is 1. The van der Waals surface area contributed by atoms with Crippen LogP contribution in [0.2, 0.25) is 5.02 Å². The average molecular weight is 365 g/mol. The molecule has 0 spiro atoms. The zero-order valence-electron chi connectivity index (χ0n) is 13.2. The molecule has 0 aliphatic rings. The van der Waals surface area contributed by atoms with Crippen molar-refractivity contribution in [2.24, 2.45) is 0 Å². The number of nitrogens with zero attached hydrogens (tertiary/aromatic N) is 2. The summed E-state index contributed by atoms with van der Waals surface area (Å²) < 4.78 is 0. The highest BCUT2D eigenvalue weighted by molar-refractivity contribution is 6.34. The number of nitro groups is 2. The van der Waals surface area contributed by atoms with E-state index in [1.807, 2.05) is 0 Å². The number of benzene rings is 2. The molecule has 0 fully saturated rings. The van der Waals surface area contributed by atoms with Crippen LogP contribution in [0.15, 0.2) is 30.3 Å². The summed E-state index contributed by atoms with van der Waals surface area (Å²) in [4.78, 5) is 32.6. The standard InChI is InChI=1S/C15H13ClN4O5/c1-8-6-14(20(24)25)9(2)5-13(8)18-15(21)17-12-4-3-10(19(22)23)7-11(12)16/h3-7H,1-2H3,(H2,17,18,21). The molecule has 0 saturated carbocycles. The Morgan fingerprint density at radius 2 is 1.60 bits per heavy atom. The van der Waals surface area contributed by atoms with E-state index in [0.29, 0.717) is 16.8 Å². The highest BCUT2D eigenvalue weighted by atomic mass is 35.5. The fourth-order valence-electron chi connectivity index (χ4n) is 2.13. The van der Waals surface area contributed by atoms with Crippen molar-refractivity contribution >= 4 is 40.4 Å². The molecule has 2 aromatic carbocycles. The first-order chi connectivity index (χ1) is 11.7. The van der Waals surface area contributed by atoms with Gasteiger partial charge in [-0.05, 0) is 31.5 Å². The Kier molecular flexibility index (Phi) is 5.18. The van der Waals surface area contributed by atoms with Crippen LogP contribution < -0.4 is 10.6 Å². The number of nitro benzene ring substituents is 2. The fraction of sp³-hybridized carbons (Fsp3) is 0.133. The number of carbonyl (C=O) groups is 1. The summed E-state index contributed by atoms with van der Waals surface area (Å²) in [7, 11) is 0. The maximum atomic E-state index is 12.1. The summed E-state index contributed by atoms with van der Waals surface area (Å²) in [5, 5.41) is 26.6. The number of anilines is 2. The van der Waals surface area contributed by atoms with Gasteiger partial charge in [-0.1, -0.05) is 11.6 Å². The van der Waals surface area contributed by atoms with Crippen molar-refractivity contribution in [2.75, 3.05) is 10.6 Å². The minimum absolute atomic E-state index is 0.0148. The van der Waals surface area contributed by atoms with Gasteiger partial charge in [0.2, 0.25) is 0 Å². The van der Waals surface area contributed by atoms with E-state index in [4.69, 9.17) is 11.6 Å². The van der Waals surface area contributed by atoms with E-state index in [9.17, 15) is 25.0 Å². The number of aryl methyl sites for hydroxylation is 2. The maximum Gasteiger partial charge on any atom is 0.323 e. The Bertz CT molecular complexity index is 884. The number of rotatable bonds is 4. The van der Waals surface area contributed by atoms with Crippen LogP contribution in [0.25, 0.3) is 0 Å². The molecule has 0 aliphatic heterocycles. The average Bonchev–Trinajstić information content (AvgIpc) is 2.52. The molecule has 0 aromatic heterocycles. The summed E-state index contributed by atoms with van der Waals surface area (Å²) in [5.41, 5.74) is 1.28. The van der Waals surface area contributed by atoms with E-state index in [-0.39, 0.29) is 22.1 Å². The summed E-state index contributed by atoms with van der Waals surface area (Å²) in [6, 6.07) is 5.87. The Labute approximate surface area is 146 Å². The SMILES string of the molecule is Cc1cc([N+](=O)[O-])c(C)cc1NC(=O)Nc1ccc([N+](=O)[O-])cc1Cl. The van der Waals surface area contributed by atoms with E-state index in [0.717, 1.165) is 6.07 Å². The van der Waals surface area contributed by atoms with Gasteiger partial charge in [-0.3, -0.25) is 20.2 Å². The van der Waals surface area contributed by atoms with Gasteiger partial charge < -0.3 is 10.6 Å². The maximum absolute atomic E-state index is 12.1. The number of amides is 2. The molecule has 0 saturated heterocycles. The lowest BCUT2D eigenvalue weighted by atomic mass is 10.1. The number of halogens is 1. The Morgan fingerprint density at radius 1 is 0.960 bits per heavy atom. The van der Waals surface area contributed by atoms with E-state index in [1.54, 1.807) is 13.8 Å². The van der Waals surface area contributed by atoms with Gasteiger partial charge in [-0.2, -0.15) is 0 Å². The van der Waals surface area contributed by atoms with Gasteiger partial charge in [-0.15, -0.1) is 0 Å². The van der Waals surface area contributed by atoms with Crippen LogP contribution in [0.4, 0.5) is 27.5 Å². The van der Waals surface area contributed by atoms with Gasteiger partial charge in [0.25, 0.3) is 11.4 Å². The van der Waals surface area contributed by atoms with Crippen molar-refractivity contribution in [1.82, 2.24) is 0 Å². The molecular weight excluding hydrogens is 352 g/mol. The summed E-state index contributed by atoms with van der Waals surface area (Å²) >= 11 is 5.91. The zero-order valence-corrected chi connectivity index (χ0v) is 14.0. The van der Waals surface area contributed by atoms with Gasteiger partial charge in [-0.25, -0.2) is 4.79 Å². The molecule has 2 rings (SSSR count). The van der Waals surface area contributed by atoms with Crippen LogP contribution in [0.1, 0.15) is 11.1 Å². The molecule has 2 N–H and O–H groups in total. The van der Waals surface area contributed by atoms with E-state index < -0.39 is 15.9 Å². The molecule has 0 radical (unpaired) electrons. The smallest absolute Gasteiger partial charge is 0.307 e. The minimum Gasteiger partial charge on any atom is -0.307 e. The van der Waals surface area contributed by atoms with Gasteiger partial charge >= 0.3 is 6.03 Å². The van der Waals surface area contributed by atoms with Gasteiger partial charge in [0.1, 0.15) is 0 Å². The molecule has 9 nitrogen and oxygen atoms in total. The normalized spacial score (nSPS) is 10.2. The Morgan fingerprint density at radius 3 is 2.16 bits per heavy atom. The molecule has 0 atom stereocenters. The number of urea groups is 1. The van der Waals surface area contributed by atoms with Crippen molar-refractivity contribution in [3.8, 4) is 0 Å². The zero-order chi connectivity index (χ0) is 18.7.